The summed E-state index contributed by atoms with van der Waals surface area (Å²) in [6.45, 7) is 9.60. The van der Waals surface area contributed by atoms with Crippen LogP contribution in [-0.2, 0) is 9.59 Å². The van der Waals surface area contributed by atoms with Crippen LogP contribution in [-0.4, -0.2) is 77.3 Å². The minimum atomic E-state index is -0.00926. The molecule has 0 saturated carbocycles. The van der Waals surface area contributed by atoms with Crippen LogP contribution in [0.3, 0.4) is 0 Å². The van der Waals surface area contributed by atoms with Gasteiger partial charge in [0.15, 0.2) is 5.78 Å². The summed E-state index contributed by atoms with van der Waals surface area (Å²) in [6, 6.07) is 6.05. The van der Waals surface area contributed by atoms with Gasteiger partial charge in [-0.3, -0.25) is 19.9 Å². The van der Waals surface area contributed by atoms with E-state index in [4.69, 9.17) is 5.11 Å². The zero-order valence-electron chi connectivity index (χ0n) is 16.8. The number of aliphatic hydroxyl groups excluding tert-OH is 1. The lowest BCUT2D eigenvalue weighted by Crippen LogP contribution is -2.54. The number of hydrazine groups is 1. The second kappa shape index (κ2) is 12.0. The molecule has 2 rings (SSSR count). The Bertz CT molecular complexity index is 701. The molecule has 1 aliphatic heterocycles. The van der Waals surface area contributed by atoms with Crippen molar-refractivity contribution in [3.63, 3.8) is 0 Å². The molecule has 4 N–H and O–H groups in total. The zero-order valence-corrected chi connectivity index (χ0v) is 17.6. The zero-order chi connectivity index (χ0) is 19.8. The second-order valence-electron chi connectivity index (χ2n) is 6.79. The molecule has 8 heteroatoms. The quantitative estimate of drug-likeness (QED) is 0.488. The molecule has 0 atom stereocenters. The number of hydrogen-bond acceptors (Lipinski definition) is 6. The van der Waals surface area contributed by atoms with Crippen molar-refractivity contribution in [1.29, 1.82) is 0 Å². The summed E-state index contributed by atoms with van der Waals surface area (Å²) in [5.41, 5.74) is 6.06. The Labute approximate surface area is 171 Å². The Kier molecular flexibility index (Phi) is 10.4. The van der Waals surface area contributed by atoms with Crippen molar-refractivity contribution in [2.24, 2.45) is 0 Å². The van der Waals surface area contributed by atoms with Gasteiger partial charge >= 0.3 is 0 Å². The predicted molar refractivity (Wildman–Crippen MR) is 113 cm³/mol. The third kappa shape index (κ3) is 7.73. The Morgan fingerprint density at radius 3 is 2.46 bits per heavy atom. The molecule has 7 nitrogen and oxygen atoms in total. The van der Waals surface area contributed by atoms with Gasteiger partial charge < -0.3 is 10.6 Å². The summed E-state index contributed by atoms with van der Waals surface area (Å²) in [6.07, 6.45) is 1.64. The lowest BCUT2D eigenvalue weighted by Gasteiger charge is -2.34. The van der Waals surface area contributed by atoms with Crippen LogP contribution < -0.4 is 5.43 Å². The van der Waals surface area contributed by atoms with E-state index < -0.39 is 0 Å². The van der Waals surface area contributed by atoms with Crippen LogP contribution in [0.2, 0.25) is 0 Å². The fraction of sp³-hybridized carbons (Fsp3) is 0.500. The van der Waals surface area contributed by atoms with E-state index in [2.05, 4.69) is 16.4 Å². The number of rotatable bonds is 8. The van der Waals surface area contributed by atoms with Crippen molar-refractivity contribution >= 4 is 29.0 Å². The van der Waals surface area contributed by atoms with Crippen LogP contribution in [0.5, 0.6) is 0 Å². The van der Waals surface area contributed by atoms with E-state index in [1.807, 2.05) is 31.0 Å². The van der Waals surface area contributed by atoms with E-state index >= 15 is 0 Å². The number of nitrogens with one attached hydrogen (secondary N) is 1. The Morgan fingerprint density at radius 1 is 1.21 bits per heavy atom. The molecule has 0 radical (unpaired) electrons. The van der Waals surface area contributed by atoms with Gasteiger partial charge in [-0.2, -0.15) is 0 Å². The molecule has 1 aromatic rings. The van der Waals surface area contributed by atoms with Gasteiger partial charge in [-0.15, -0.1) is 11.8 Å². The van der Waals surface area contributed by atoms with Crippen LogP contribution in [0.4, 0.5) is 0 Å². The minimum absolute atomic E-state index is 0. The number of piperazine rings is 1. The lowest BCUT2D eigenvalue weighted by molar-refractivity contribution is -0.124. The summed E-state index contributed by atoms with van der Waals surface area (Å²) in [7, 11) is 0. The third-order valence-corrected chi connectivity index (χ3v) is 5.48. The van der Waals surface area contributed by atoms with E-state index in [1.165, 1.54) is 11.8 Å². The first kappa shape index (κ1) is 24.3. The van der Waals surface area contributed by atoms with E-state index in [-0.39, 0.29) is 23.8 Å². The van der Waals surface area contributed by atoms with E-state index in [9.17, 15) is 9.59 Å². The molecular formula is C20H31N3O4S. The van der Waals surface area contributed by atoms with E-state index in [0.717, 1.165) is 47.8 Å². The number of thioether (sulfide) groups is 1. The highest BCUT2D eigenvalue weighted by molar-refractivity contribution is 8.00. The molecule has 1 amide bonds. The molecular weight excluding hydrogens is 378 g/mol. The van der Waals surface area contributed by atoms with E-state index in [1.54, 1.807) is 13.0 Å². The smallest absolute Gasteiger partial charge is 0.244 e. The third-order valence-electron chi connectivity index (χ3n) is 4.48. The molecule has 0 aliphatic carbocycles. The molecule has 1 heterocycles. The van der Waals surface area contributed by atoms with Gasteiger partial charge in [0.25, 0.3) is 0 Å². The first-order valence-corrected chi connectivity index (χ1v) is 10.2. The Morgan fingerprint density at radius 2 is 1.89 bits per heavy atom. The average molecular weight is 410 g/mol. The van der Waals surface area contributed by atoms with Crippen LogP contribution in [0, 0.1) is 6.92 Å². The number of nitrogens with zero attached hydrogens (tertiary/aromatic N) is 2. The monoisotopic (exact) mass is 409 g/mol. The van der Waals surface area contributed by atoms with Gasteiger partial charge in [0.05, 0.1) is 12.4 Å². The number of hydrogen-bond donors (Lipinski definition) is 2. The lowest BCUT2D eigenvalue weighted by atomic mass is 10.0. The van der Waals surface area contributed by atoms with Gasteiger partial charge in [0.2, 0.25) is 5.91 Å². The highest BCUT2D eigenvalue weighted by Crippen LogP contribution is 2.25. The highest BCUT2D eigenvalue weighted by Gasteiger charge is 2.17. The molecule has 1 aromatic carbocycles. The molecule has 28 heavy (non-hydrogen) atoms. The number of aryl methyl sites for hydroxylation is 1. The number of allylic oxidation sites excluding steroid dienone is 2. The number of ketones is 1. The largest absolute Gasteiger partial charge is 0.412 e. The molecule has 0 spiro atoms. The van der Waals surface area contributed by atoms with Crippen molar-refractivity contribution in [2.75, 3.05) is 45.1 Å². The topological polar surface area (TPSA) is 104 Å². The second-order valence-corrected chi connectivity index (χ2v) is 7.84. The van der Waals surface area contributed by atoms with Crippen molar-refractivity contribution in [3.8, 4) is 0 Å². The number of carbonyl (C=O) groups excluding carboxylic acids is 2. The van der Waals surface area contributed by atoms with Gasteiger partial charge in [-0.25, -0.2) is 5.01 Å². The van der Waals surface area contributed by atoms with Crippen LogP contribution in [0.15, 0.2) is 29.2 Å². The molecule has 0 bridgehead atoms. The number of carbonyl (C=O) groups is 2. The standard InChI is InChI=1S/C20H29N3O3S.H2O/c1-15(12-17(3)25)19-5-4-18(13-16(19)2)27-14-20(26)21-23-8-6-22(7-9-23)10-11-24;/h4-5,12-13,24H,6-11,14H2,1-3H3,(H,21,26);1H2/b15-12-;. The van der Waals surface area contributed by atoms with E-state index in [0.29, 0.717) is 12.3 Å². The first-order chi connectivity index (χ1) is 12.9. The molecule has 1 fully saturated rings. The minimum Gasteiger partial charge on any atom is -0.412 e. The van der Waals surface area contributed by atoms with Gasteiger partial charge in [0.1, 0.15) is 0 Å². The molecule has 1 aliphatic rings. The highest BCUT2D eigenvalue weighted by atomic mass is 32.2. The SMILES string of the molecule is CC(=O)/C=C(/C)c1ccc(SCC(=O)NN2CCN(CCO)CC2)cc1C.O. The average Bonchev–Trinajstić information content (AvgIpc) is 2.61. The van der Waals surface area contributed by atoms with Crippen LogP contribution in [0.1, 0.15) is 25.0 Å². The summed E-state index contributed by atoms with van der Waals surface area (Å²) in [5, 5.41) is 10.9. The number of amides is 1. The fourth-order valence-electron chi connectivity index (χ4n) is 3.13. The Balaban J connectivity index is 0.00000392. The Hall–Kier alpha value is -1.71. The number of β-amino-alcohol motifs (C(OH)–C–C–N with tert-alkyl or cyclic N) is 1. The fourth-order valence-corrected chi connectivity index (χ4v) is 3.92. The first-order valence-electron chi connectivity index (χ1n) is 9.19. The van der Waals surface area contributed by atoms with Crippen LogP contribution >= 0.6 is 11.8 Å². The summed E-state index contributed by atoms with van der Waals surface area (Å²) < 4.78 is 0. The summed E-state index contributed by atoms with van der Waals surface area (Å²) in [5.74, 6) is 0.391. The summed E-state index contributed by atoms with van der Waals surface area (Å²) >= 11 is 1.51. The van der Waals surface area contributed by atoms with Crippen molar-refractivity contribution in [2.45, 2.75) is 25.7 Å². The maximum Gasteiger partial charge on any atom is 0.244 e. The molecule has 0 aromatic heterocycles. The van der Waals surface area contributed by atoms with Gasteiger partial charge in [0, 0.05) is 37.6 Å². The molecule has 1 saturated heterocycles. The maximum absolute atomic E-state index is 12.2. The predicted octanol–water partition coefficient (Wildman–Crippen LogP) is 0.896. The van der Waals surface area contributed by atoms with Crippen LogP contribution in [0.25, 0.3) is 5.57 Å². The maximum atomic E-state index is 12.2. The molecule has 156 valence electrons. The number of benzene rings is 1. The van der Waals surface area contributed by atoms with Crippen molar-refractivity contribution < 1.29 is 20.2 Å². The number of aliphatic hydroxyl groups is 1. The summed E-state index contributed by atoms with van der Waals surface area (Å²) in [4.78, 5) is 26.7. The molecule has 0 unspecified atom stereocenters. The van der Waals surface area contributed by atoms with Gasteiger partial charge in [-0.05, 0) is 55.7 Å². The van der Waals surface area contributed by atoms with Gasteiger partial charge in [-0.1, -0.05) is 6.07 Å². The normalized spacial score (nSPS) is 15.8. The van der Waals surface area contributed by atoms with Crippen molar-refractivity contribution in [1.82, 2.24) is 15.3 Å². The van der Waals surface area contributed by atoms with Crippen molar-refractivity contribution in [3.05, 3.63) is 35.4 Å².